The lowest BCUT2D eigenvalue weighted by Gasteiger charge is -2.25. The van der Waals surface area contributed by atoms with Crippen LogP contribution in [0.1, 0.15) is 24.1 Å². The standard InChI is InChI=1S/C28H20ClF2N3O3S/c1-16-23(25(35)33-20-8-3-2-4-9-20)24(17-11-13-19(29)14-12-17)34-26(36)22(38-28(34)32-16)15-18-7-5-6-10-21(18)37-27(30)31/h2-15,24,27H,1H3,(H,33,35)/b22-15+/t24-/m1/s1. The SMILES string of the molecule is CC1=C(C(=O)Nc2ccccc2)[C@@H](c2ccc(Cl)cc2)n2c(s/c(=C/c3ccccc3OC(F)F)c2=O)=N1. The summed E-state index contributed by atoms with van der Waals surface area (Å²) in [4.78, 5) is 32.2. The molecule has 192 valence electrons. The van der Waals surface area contributed by atoms with Crippen molar-refractivity contribution in [2.45, 2.75) is 19.6 Å². The van der Waals surface area contributed by atoms with Gasteiger partial charge < -0.3 is 10.1 Å². The second-order valence-electron chi connectivity index (χ2n) is 8.37. The number of alkyl halides is 2. The summed E-state index contributed by atoms with van der Waals surface area (Å²) in [5.41, 5.74) is 1.91. The van der Waals surface area contributed by atoms with Gasteiger partial charge in [0.25, 0.3) is 11.5 Å². The molecule has 1 aliphatic rings. The van der Waals surface area contributed by atoms with E-state index < -0.39 is 24.1 Å². The number of benzene rings is 3. The molecule has 1 atom stereocenters. The third-order valence-corrected chi connectivity index (χ3v) is 7.14. The van der Waals surface area contributed by atoms with Crippen molar-refractivity contribution in [2.24, 2.45) is 4.99 Å². The molecule has 0 unspecified atom stereocenters. The highest BCUT2D eigenvalue weighted by atomic mass is 35.5. The van der Waals surface area contributed by atoms with Crippen molar-refractivity contribution in [3.63, 3.8) is 0 Å². The van der Waals surface area contributed by atoms with E-state index in [0.717, 1.165) is 11.3 Å². The Kier molecular flexibility index (Phi) is 7.22. The van der Waals surface area contributed by atoms with Crippen molar-refractivity contribution in [2.75, 3.05) is 5.32 Å². The van der Waals surface area contributed by atoms with Gasteiger partial charge in [0.2, 0.25) is 0 Å². The minimum Gasteiger partial charge on any atom is -0.434 e. The van der Waals surface area contributed by atoms with E-state index in [1.54, 1.807) is 73.7 Å². The number of amides is 1. The number of fused-ring (bicyclic) bond motifs is 1. The molecule has 4 aromatic rings. The lowest BCUT2D eigenvalue weighted by atomic mass is 9.95. The number of aromatic nitrogens is 1. The van der Waals surface area contributed by atoms with Crippen LogP contribution in [-0.2, 0) is 4.79 Å². The molecule has 10 heteroatoms. The number of nitrogens with one attached hydrogen (secondary N) is 1. The number of carbonyl (C=O) groups excluding carboxylic acids is 1. The van der Waals surface area contributed by atoms with Gasteiger partial charge in [0.15, 0.2) is 4.80 Å². The fraction of sp³-hybridized carbons (Fsp3) is 0.107. The Bertz CT molecular complexity index is 1710. The summed E-state index contributed by atoms with van der Waals surface area (Å²) in [6.45, 7) is -1.30. The predicted molar refractivity (Wildman–Crippen MR) is 143 cm³/mol. The monoisotopic (exact) mass is 551 g/mol. The normalized spacial score (nSPS) is 15.3. The van der Waals surface area contributed by atoms with E-state index in [-0.39, 0.29) is 10.3 Å². The van der Waals surface area contributed by atoms with E-state index in [1.165, 1.54) is 16.7 Å². The summed E-state index contributed by atoms with van der Waals surface area (Å²) >= 11 is 7.22. The number of nitrogens with zero attached hydrogens (tertiary/aromatic N) is 2. The number of thiazole rings is 1. The molecule has 2 heterocycles. The van der Waals surface area contributed by atoms with Gasteiger partial charge in [-0.3, -0.25) is 14.2 Å². The zero-order chi connectivity index (χ0) is 26.8. The predicted octanol–water partition coefficient (Wildman–Crippen LogP) is 5.13. The number of halogens is 3. The van der Waals surface area contributed by atoms with E-state index in [2.05, 4.69) is 15.0 Å². The second kappa shape index (κ2) is 10.7. The Hall–Kier alpha value is -4.08. The van der Waals surface area contributed by atoms with E-state index in [0.29, 0.717) is 37.9 Å². The molecule has 5 rings (SSSR count). The van der Waals surface area contributed by atoms with E-state index in [9.17, 15) is 18.4 Å². The van der Waals surface area contributed by atoms with Gasteiger partial charge in [0.1, 0.15) is 5.75 Å². The van der Waals surface area contributed by atoms with Crippen LogP contribution < -0.4 is 24.9 Å². The van der Waals surface area contributed by atoms with E-state index in [1.807, 2.05) is 6.07 Å². The second-order valence-corrected chi connectivity index (χ2v) is 9.82. The lowest BCUT2D eigenvalue weighted by Crippen LogP contribution is -2.40. The van der Waals surface area contributed by atoms with Crippen molar-refractivity contribution in [3.8, 4) is 5.75 Å². The van der Waals surface area contributed by atoms with E-state index >= 15 is 0 Å². The number of allylic oxidation sites excluding steroid dienone is 1. The van der Waals surface area contributed by atoms with Gasteiger partial charge in [-0.05, 0) is 48.9 Å². The van der Waals surface area contributed by atoms with E-state index in [4.69, 9.17) is 11.6 Å². The van der Waals surface area contributed by atoms with Crippen molar-refractivity contribution < 1.29 is 18.3 Å². The Labute approximate surface area is 224 Å². The Morgan fingerprint density at radius 1 is 1.08 bits per heavy atom. The highest BCUT2D eigenvalue weighted by Gasteiger charge is 2.32. The molecule has 0 saturated carbocycles. The summed E-state index contributed by atoms with van der Waals surface area (Å²) in [7, 11) is 0. The van der Waals surface area contributed by atoms with Gasteiger partial charge in [-0.15, -0.1) is 0 Å². The molecule has 6 nitrogen and oxygen atoms in total. The van der Waals surface area contributed by atoms with Crippen LogP contribution >= 0.6 is 22.9 Å². The zero-order valence-electron chi connectivity index (χ0n) is 19.9. The van der Waals surface area contributed by atoms with Crippen molar-refractivity contribution in [1.82, 2.24) is 4.57 Å². The minimum absolute atomic E-state index is 0.0540. The van der Waals surface area contributed by atoms with Crippen LogP contribution in [0.4, 0.5) is 14.5 Å². The maximum Gasteiger partial charge on any atom is 0.387 e. The summed E-state index contributed by atoms with van der Waals surface area (Å²) in [6.07, 6.45) is 1.49. The number of hydrogen-bond acceptors (Lipinski definition) is 5. The zero-order valence-corrected chi connectivity index (χ0v) is 21.5. The molecule has 3 aromatic carbocycles. The van der Waals surface area contributed by atoms with Gasteiger partial charge in [-0.1, -0.05) is 71.5 Å². The molecular formula is C28H20ClF2N3O3S. The summed E-state index contributed by atoms with van der Waals surface area (Å²) < 4.78 is 32.2. The van der Waals surface area contributed by atoms with Gasteiger partial charge in [-0.2, -0.15) is 8.78 Å². The largest absolute Gasteiger partial charge is 0.434 e. The maximum absolute atomic E-state index is 13.7. The number of anilines is 1. The average Bonchev–Trinajstić information content (AvgIpc) is 3.19. The molecular weight excluding hydrogens is 532 g/mol. The van der Waals surface area contributed by atoms with Crippen LogP contribution in [-0.4, -0.2) is 17.1 Å². The van der Waals surface area contributed by atoms with Crippen molar-refractivity contribution >= 4 is 40.6 Å². The molecule has 0 aliphatic carbocycles. The van der Waals surface area contributed by atoms with Crippen LogP contribution in [0.25, 0.3) is 6.08 Å². The Balaban J connectivity index is 1.67. The number of para-hydroxylation sites is 2. The van der Waals surface area contributed by atoms with Gasteiger partial charge >= 0.3 is 6.61 Å². The van der Waals surface area contributed by atoms with Crippen LogP contribution in [0.3, 0.4) is 0 Å². The van der Waals surface area contributed by atoms with Crippen LogP contribution in [0.2, 0.25) is 5.02 Å². The average molecular weight is 552 g/mol. The maximum atomic E-state index is 13.7. The number of rotatable bonds is 6. The molecule has 1 aliphatic heterocycles. The first-order valence-electron chi connectivity index (χ1n) is 11.5. The van der Waals surface area contributed by atoms with Crippen LogP contribution in [0, 0.1) is 0 Å². The van der Waals surface area contributed by atoms with Gasteiger partial charge in [0, 0.05) is 16.3 Å². The van der Waals surface area contributed by atoms with Crippen LogP contribution in [0.15, 0.2) is 99.9 Å². The fourth-order valence-corrected chi connectivity index (χ4v) is 5.40. The fourth-order valence-electron chi connectivity index (χ4n) is 4.24. The quantitative estimate of drug-likeness (QED) is 0.361. The number of carbonyl (C=O) groups is 1. The smallest absolute Gasteiger partial charge is 0.387 e. The highest BCUT2D eigenvalue weighted by Crippen LogP contribution is 2.31. The number of hydrogen-bond donors (Lipinski definition) is 1. The summed E-state index contributed by atoms with van der Waals surface area (Å²) in [6, 6.07) is 21.3. The number of ether oxygens (including phenoxy) is 1. The van der Waals surface area contributed by atoms with Crippen LogP contribution in [0.5, 0.6) is 5.75 Å². The van der Waals surface area contributed by atoms with Crippen molar-refractivity contribution in [3.05, 3.63) is 126 Å². The lowest BCUT2D eigenvalue weighted by molar-refractivity contribution is -0.113. The molecule has 38 heavy (non-hydrogen) atoms. The Morgan fingerprint density at radius 2 is 1.76 bits per heavy atom. The minimum atomic E-state index is -3.01. The molecule has 1 aromatic heterocycles. The molecule has 1 N–H and O–H groups in total. The highest BCUT2D eigenvalue weighted by molar-refractivity contribution is 7.07. The first kappa shape index (κ1) is 25.6. The molecule has 0 spiro atoms. The Morgan fingerprint density at radius 3 is 2.47 bits per heavy atom. The van der Waals surface area contributed by atoms with Gasteiger partial charge in [0.05, 0.1) is 21.8 Å². The third-order valence-electron chi connectivity index (χ3n) is 5.91. The first-order chi connectivity index (χ1) is 18.3. The first-order valence-corrected chi connectivity index (χ1v) is 12.7. The summed E-state index contributed by atoms with van der Waals surface area (Å²) in [5.74, 6) is -0.455. The topological polar surface area (TPSA) is 72.7 Å². The third kappa shape index (κ3) is 5.16. The molecule has 0 radical (unpaired) electrons. The summed E-state index contributed by atoms with van der Waals surface area (Å²) in [5, 5.41) is 3.39. The van der Waals surface area contributed by atoms with Crippen molar-refractivity contribution in [1.29, 1.82) is 0 Å². The molecule has 0 bridgehead atoms. The molecule has 0 fully saturated rings. The van der Waals surface area contributed by atoms with Gasteiger partial charge in [-0.25, -0.2) is 4.99 Å². The molecule has 0 saturated heterocycles. The molecule has 1 amide bonds.